The van der Waals surface area contributed by atoms with Crippen LogP contribution in [0.25, 0.3) is 21.8 Å². The minimum absolute atomic E-state index is 0.0402. The average molecular weight is 319 g/mol. The molecule has 114 valence electrons. The van der Waals surface area contributed by atoms with Crippen molar-refractivity contribution in [2.45, 2.75) is 26.2 Å². The van der Waals surface area contributed by atoms with Crippen LogP contribution in [0.3, 0.4) is 0 Å². The van der Waals surface area contributed by atoms with Crippen LogP contribution in [0.15, 0.2) is 48.1 Å². The first-order valence-electron chi connectivity index (χ1n) is 7.40. The Labute approximate surface area is 140 Å². The maximum atomic E-state index is 8.89. The van der Waals surface area contributed by atoms with Crippen LogP contribution >= 0.6 is 11.3 Å². The molecule has 2 aromatic heterocycles. The number of hydrogen-bond donors (Lipinski definition) is 0. The van der Waals surface area contributed by atoms with Gasteiger partial charge in [0.2, 0.25) is 0 Å². The zero-order valence-electron chi connectivity index (χ0n) is 13.4. The highest BCUT2D eigenvalue weighted by molar-refractivity contribution is 7.13. The molecule has 23 heavy (non-hydrogen) atoms. The molecule has 1 aromatic carbocycles. The second-order valence-electron chi connectivity index (χ2n) is 6.40. The van der Waals surface area contributed by atoms with Crippen molar-refractivity contribution in [1.29, 1.82) is 5.26 Å². The van der Waals surface area contributed by atoms with Crippen molar-refractivity contribution >= 4 is 11.3 Å². The van der Waals surface area contributed by atoms with Crippen molar-refractivity contribution in [3.05, 3.63) is 59.2 Å². The summed E-state index contributed by atoms with van der Waals surface area (Å²) in [5.41, 5.74) is 4.98. The van der Waals surface area contributed by atoms with Crippen LogP contribution in [0.5, 0.6) is 0 Å². The van der Waals surface area contributed by atoms with Crippen LogP contribution < -0.4 is 0 Å². The summed E-state index contributed by atoms with van der Waals surface area (Å²) in [5.74, 6) is 0. The van der Waals surface area contributed by atoms with E-state index < -0.39 is 0 Å². The van der Waals surface area contributed by atoms with Crippen LogP contribution in [0.2, 0.25) is 0 Å². The molecule has 0 aliphatic carbocycles. The van der Waals surface area contributed by atoms with E-state index in [2.05, 4.69) is 43.3 Å². The molecule has 0 aliphatic rings. The minimum Gasteiger partial charge on any atom is -0.264 e. The Hall–Kier alpha value is -2.51. The first-order chi connectivity index (χ1) is 11.0. The summed E-state index contributed by atoms with van der Waals surface area (Å²) in [7, 11) is 0. The Morgan fingerprint density at radius 1 is 1.09 bits per heavy atom. The smallest absolute Gasteiger partial charge is 0.125 e. The third kappa shape index (κ3) is 3.15. The molecular formula is C19H17N3S. The molecule has 0 saturated carbocycles. The summed E-state index contributed by atoms with van der Waals surface area (Å²) in [5, 5.41) is 11.9. The number of nitriles is 1. The van der Waals surface area contributed by atoms with Crippen LogP contribution in [-0.2, 0) is 5.41 Å². The molecule has 0 fully saturated rings. The standard InChI is InChI=1S/C19H17N3S/c1-19(2,3)16-8-9-21-11-15(16)18-22-17(12-23-18)14-6-4-13(10-20)5-7-14/h4-9,11-12H,1-3H3. The lowest BCUT2D eigenvalue weighted by atomic mass is 9.85. The van der Waals surface area contributed by atoms with Crippen molar-refractivity contribution in [3.63, 3.8) is 0 Å². The van der Waals surface area contributed by atoms with E-state index in [0.29, 0.717) is 5.56 Å². The van der Waals surface area contributed by atoms with Gasteiger partial charge in [0.25, 0.3) is 0 Å². The van der Waals surface area contributed by atoms with Crippen molar-refractivity contribution in [3.8, 4) is 27.9 Å². The number of rotatable bonds is 2. The third-order valence-electron chi connectivity index (χ3n) is 3.67. The number of benzene rings is 1. The Morgan fingerprint density at radius 3 is 2.48 bits per heavy atom. The predicted molar refractivity (Wildman–Crippen MR) is 94.2 cm³/mol. The quantitative estimate of drug-likeness (QED) is 0.664. The SMILES string of the molecule is CC(C)(C)c1ccncc1-c1nc(-c2ccc(C#N)cc2)cs1. The summed E-state index contributed by atoms with van der Waals surface area (Å²) in [6, 6.07) is 11.7. The van der Waals surface area contributed by atoms with Crippen molar-refractivity contribution in [2.24, 2.45) is 0 Å². The second kappa shape index (κ2) is 5.94. The van der Waals surface area contributed by atoms with Gasteiger partial charge in [-0.25, -0.2) is 4.98 Å². The lowest BCUT2D eigenvalue weighted by molar-refractivity contribution is 0.591. The van der Waals surface area contributed by atoms with Crippen LogP contribution in [-0.4, -0.2) is 9.97 Å². The monoisotopic (exact) mass is 319 g/mol. The van der Waals surface area contributed by atoms with Gasteiger partial charge in [0.1, 0.15) is 5.01 Å². The molecule has 0 N–H and O–H groups in total. The number of thiazole rings is 1. The normalized spacial score (nSPS) is 11.2. The van der Waals surface area contributed by atoms with Gasteiger partial charge in [0, 0.05) is 28.9 Å². The summed E-state index contributed by atoms with van der Waals surface area (Å²) in [4.78, 5) is 9.05. The highest BCUT2D eigenvalue weighted by atomic mass is 32.1. The van der Waals surface area contributed by atoms with Crippen molar-refractivity contribution in [2.75, 3.05) is 0 Å². The van der Waals surface area contributed by atoms with Crippen LogP contribution in [0.1, 0.15) is 31.9 Å². The van der Waals surface area contributed by atoms with Gasteiger partial charge in [-0.05, 0) is 29.2 Å². The summed E-state index contributed by atoms with van der Waals surface area (Å²) in [6.45, 7) is 6.59. The number of pyridine rings is 1. The number of nitrogens with zero attached hydrogens (tertiary/aromatic N) is 3. The largest absolute Gasteiger partial charge is 0.264 e. The van der Waals surface area contributed by atoms with E-state index >= 15 is 0 Å². The van der Waals surface area contributed by atoms with E-state index in [0.717, 1.165) is 21.8 Å². The second-order valence-corrected chi connectivity index (χ2v) is 7.26. The van der Waals surface area contributed by atoms with Crippen molar-refractivity contribution < 1.29 is 0 Å². The molecule has 0 bridgehead atoms. The van der Waals surface area contributed by atoms with Gasteiger partial charge in [0.15, 0.2) is 0 Å². The molecule has 0 amide bonds. The van der Waals surface area contributed by atoms with E-state index in [1.807, 2.05) is 36.7 Å². The van der Waals surface area contributed by atoms with E-state index in [4.69, 9.17) is 10.2 Å². The zero-order valence-corrected chi connectivity index (χ0v) is 14.2. The predicted octanol–water partition coefficient (Wildman–Crippen LogP) is 5.04. The Kier molecular flexibility index (Phi) is 3.97. The minimum atomic E-state index is 0.0402. The topological polar surface area (TPSA) is 49.6 Å². The molecule has 0 spiro atoms. The van der Waals surface area contributed by atoms with Gasteiger partial charge in [0.05, 0.1) is 17.3 Å². The van der Waals surface area contributed by atoms with E-state index in [9.17, 15) is 0 Å². The summed E-state index contributed by atoms with van der Waals surface area (Å²) < 4.78 is 0. The number of aromatic nitrogens is 2. The van der Waals surface area contributed by atoms with Gasteiger partial charge in [-0.1, -0.05) is 32.9 Å². The highest BCUT2D eigenvalue weighted by Gasteiger charge is 2.20. The Balaban J connectivity index is 2.01. The summed E-state index contributed by atoms with van der Waals surface area (Å²) >= 11 is 1.62. The molecule has 0 saturated heterocycles. The lowest BCUT2D eigenvalue weighted by Crippen LogP contribution is -2.12. The van der Waals surface area contributed by atoms with Crippen LogP contribution in [0, 0.1) is 11.3 Å². The molecule has 0 radical (unpaired) electrons. The zero-order chi connectivity index (χ0) is 16.4. The first-order valence-corrected chi connectivity index (χ1v) is 8.28. The fourth-order valence-corrected chi connectivity index (χ4v) is 3.32. The Bertz CT molecular complexity index is 865. The summed E-state index contributed by atoms with van der Waals surface area (Å²) in [6.07, 6.45) is 3.72. The number of hydrogen-bond acceptors (Lipinski definition) is 4. The van der Waals surface area contributed by atoms with E-state index in [1.165, 1.54) is 5.56 Å². The lowest BCUT2D eigenvalue weighted by Gasteiger charge is -2.21. The van der Waals surface area contributed by atoms with E-state index in [-0.39, 0.29) is 5.41 Å². The maximum absolute atomic E-state index is 8.89. The first kappa shape index (κ1) is 15.4. The van der Waals surface area contributed by atoms with Gasteiger partial charge in [-0.2, -0.15) is 5.26 Å². The van der Waals surface area contributed by atoms with Crippen LogP contribution in [0.4, 0.5) is 0 Å². The molecule has 4 heteroatoms. The van der Waals surface area contributed by atoms with Gasteiger partial charge >= 0.3 is 0 Å². The molecule has 0 unspecified atom stereocenters. The van der Waals surface area contributed by atoms with E-state index in [1.54, 1.807) is 11.3 Å². The molecular weight excluding hydrogens is 302 g/mol. The fraction of sp³-hybridized carbons (Fsp3) is 0.211. The molecule has 0 aliphatic heterocycles. The fourth-order valence-electron chi connectivity index (χ4n) is 2.46. The van der Waals surface area contributed by atoms with Gasteiger partial charge < -0.3 is 0 Å². The average Bonchev–Trinajstić information content (AvgIpc) is 3.04. The van der Waals surface area contributed by atoms with Gasteiger partial charge in [-0.15, -0.1) is 11.3 Å². The third-order valence-corrected chi connectivity index (χ3v) is 4.55. The molecule has 3 nitrogen and oxygen atoms in total. The van der Waals surface area contributed by atoms with Gasteiger partial charge in [-0.3, -0.25) is 4.98 Å². The molecule has 2 heterocycles. The molecule has 3 aromatic rings. The van der Waals surface area contributed by atoms with Crippen molar-refractivity contribution in [1.82, 2.24) is 9.97 Å². The molecule has 0 atom stereocenters. The maximum Gasteiger partial charge on any atom is 0.125 e. The molecule has 3 rings (SSSR count). The highest BCUT2D eigenvalue weighted by Crippen LogP contribution is 2.35. The Morgan fingerprint density at radius 2 is 1.83 bits per heavy atom.